The highest BCUT2D eigenvalue weighted by Crippen LogP contribution is 2.31. The molecule has 0 saturated heterocycles. The molecule has 0 bridgehead atoms. The number of nitrogens with two attached hydrogens (primary N) is 1. The van der Waals surface area contributed by atoms with Gasteiger partial charge >= 0.3 is 6.18 Å². The second-order valence-corrected chi connectivity index (χ2v) is 8.92. The van der Waals surface area contributed by atoms with Crippen LogP contribution in [0.5, 0.6) is 0 Å². The van der Waals surface area contributed by atoms with Gasteiger partial charge in [0.25, 0.3) is 5.52 Å². The van der Waals surface area contributed by atoms with E-state index in [0.29, 0.717) is 27.9 Å². The Morgan fingerprint density at radius 2 is 1.56 bits per heavy atom. The van der Waals surface area contributed by atoms with E-state index in [1.54, 1.807) is 39.1 Å². The number of hydrogen-bond donors (Lipinski definition) is 1. The van der Waals surface area contributed by atoms with Gasteiger partial charge < -0.3 is 8.95 Å². The van der Waals surface area contributed by atoms with Crippen LogP contribution < -0.4 is 10.5 Å². The number of aryl methyl sites for hydroxylation is 4. The smallest absolute Gasteiger partial charge is 0.416 e. The summed E-state index contributed by atoms with van der Waals surface area (Å²) in [5.41, 5.74) is 3.86. The quantitative estimate of drug-likeness (QED) is 0.262. The molecule has 0 fully saturated rings. The van der Waals surface area contributed by atoms with Crippen LogP contribution in [0.2, 0.25) is 0 Å². The summed E-state index contributed by atoms with van der Waals surface area (Å²) in [6, 6.07) is 10.7. The molecule has 0 aliphatic carbocycles. The van der Waals surface area contributed by atoms with Gasteiger partial charge in [-0.05, 0) is 56.2 Å². The Morgan fingerprint density at radius 3 is 2.09 bits per heavy atom. The molecule has 0 unspecified atom stereocenters. The summed E-state index contributed by atoms with van der Waals surface area (Å²) in [7, 11) is -4.33. The highest BCUT2D eigenvalue weighted by molar-refractivity contribution is 7.85. The molecule has 2 aromatic carbocycles. The van der Waals surface area contributed by atoms with Gasteiger partial charge in [-0.25, -0.2) is 14.3 Å². The Kier molecular flexibility index (Phi) is 5.96. The van der Waals surface area contributed by atoms with Crippen LogP contribution in [0, 0.1) is 27.7 Å². The maximum atomic E-state index is 12.7. The normalized spacial score (nSPS) is 12.1. The van der Waals surface area contributed by atoms with E-state index in [2.05, 4.69) is 0 Å². The first-order valence-corrected chi connectivity index (χ1v) is 10.9. The molecule has 10 heteroatoms. The maximum absolute atomic E-state index is 12.7. The second-order valence-electron chi connectivity index (χ2n) is 7.60. The van der Waals surface area contributed by atoms with Crippen molar-refractivity contribution in [2.24, 2.45) is 0 Å². The van der Waals surface area contributed by atoms with Crippen LogP contribution in [0.15, 0.2) is 53.6 Å². The minimum atomic E-state index is -4.37. The van der Waals surface area contributed by atoms with E-state index < -0.39 is 21.9 Å². The SMILES string of the molecule is Cc1c2cccn2c2ccc(C(F)(F)F)cc2[n+]1N.Cc1cc(C)c(S(=O)(=O)[O-])c(C)c1. The van der Waals surface area contributed by atoms with E-state index in [9.17, 15) is 26.1 Å². The zero-order valence-electron chi connectivity index (χ0n) is 17.9. The highest BCUT2D eigenvalue weighted by atomic mass is 32.2. The topological polar surface area (TPSA) is 91.5 Å². The van der Waals surface area contributed by atoms with Gasteiger partial charge in [-0.3, -0.25) is 0 Å². The van der Waals surface area contributed by atoms with Gasteiger partial charge in [-0.2, -0.15) is 13.2 Å². The second kappa shape index (κ2) is 8.10. The largest absolute Gasteiger partial charge is 0.744 e. The van der Waals surface area contributed by atoms with E-state index in [4.69, 9.17) is 5.84 Å². The predicted octanol–water partition coefficient (Wildman–Crippen LogP) is 3.94. The molecule has 2 aromatic heterocycles. The number of nitrogens with zero attached hydrogens (tertiary/aromatic N) is 2. The molecule has 32 heavy (non-hydrogen) atoms. The molecular formula is C22H22F3N3O3S. The summed E-state index contributed by atoms with van der Waals surface area (Å²) >= 11 is 0. The number of rotatable bonds is 1. The summed E-state index contributed by atoms with van der Waals surface area (Å²) in [5, 5.41) is 0. The van der Waals surface area contributed by atoms with Gasteiger partial charge in [0.2, 0.25) is 5.69 Å². The molecule has 0 aliphatic heterocycles. The van der Waals surface area contributed by atoms with E-state index in [1.165, 1.54) is 10.7 Å². The van der Waals surface area contributed by atoms with Gasteiger partial charge in [0.15, 0.2) is 0 Å². The number of alkyl halides is 3. The monoisotopic (exact) mass is 465 g/mol. The van der Waals surface area contributed by atoms with Crippen LogP contribution in [0.4, 0.5) is 13.2 Å². The van der Waals surface area contributed by atoms with Gasteiger partial charge in [0.1, 0.15) is 21.2 Å². The third-order valence-corrected chi connectivity index (χ3v) is 6.30. The Bertz CT molecular complexity index is 1420. The first-order valence-electron chi connectivity index (χ1n) is 9.53. The van der Waals surface area contributed by atoms with Crippen molar-refractivity contribution in [2.45, 2.75) is 38.8 Å². The molecule has 0 atom stereocenters. The number of nitrogen functional groups attached to an aromatic ring is 1. The van der Waals surface area contributed by atoms with E-state index in [0.717, 1.165) is 23.2 Å². The van der Waals surface area contributed by atoms with Crippen molar-refractivity contribution in [3.63, 3.8) is 0 Å². The first-order chi connectivity index (χ1) is 14.7. The number of hydrogen-bond acceptors (Lipinski definition) is 4. The number of halogens is 3. The highest BCUT2D eigenvalue weighted by Gasteiger charge is 2.32. The Labute approximate surface area is 183 Å². The lowest BCUT2D eigenvalue weighted by atomic mass is 10.1. The molecule has 0 amide bonds. The Hall–Kier alpha value is -3.11. The number of benzene rings is 2. The van der Waals surface area contributed by atoms with Gasteiger partial charge in [-0.15, -0.1) is 0 Å². The van der Waals surface area contributed by atoms with Crippen molar-refractivity contribution in [1.29, 1.82) is 0 Å². The van der Waals surface area contributed by atoms with Crippen molar-refractivity contribution in [3.8, 4) is 0 Å². The van der Waals surface area contributed by atoms with Gasteiger partial charge in [0.05, 0.1) is 10.5 Å². The van der Waals surface area contributed by atoms with Crippen LogP contribution >= 0.6 is 0 Å². The van der Waals surface area contributed by atoms with Crippen molar-refractivity contribution in [1.82, 2.24) is 4.40 Å². The fourth-order valence-corrected chi connectivity index (χ4v) is 4.75. The zero-order chi connectivity index (χ0) is 24.0. The molecule has 0 saturated carbocycles. The molecular weight excluding hydrogens is 443 g/mol. The maximum Gasteiger partial charge on any atom is 0.416 e. The average Bonchev–Trinajstić information content (AvgIpc) is 3.13. The summed E-state index contributed by atoms with van der Waals surface area (Å²) in [4.78, 5) is -0.0851. The van der Waals surface area contributed by atoms with Gasteiger partial charge in [0, 0.05) is 19.2 Å². The third-order valence-electron chi connectivity index (χ3n) is 5.16. The minimum Gasteiger partial charge on any atom is -0.744 e. The van der Waals surface area contributed by atoms with Crippen LogP contribution in [-0.4, -0.2) is 17.4 Å². The number of aromatic nitrogens is 2. The van der Waals surface area contributed by atoms with E-state index in [-0.39, 0.29) is 4.90 Å². The Morgan fingerprint density at radius 1 is 0.969 bits per heavy atom. The molecule has 170 valence electrons. The molecule has 2 N–H and O–H groups in total. The summed E-state index contributed by atoms with van der Waals surface area (Å²) < 4.78 is 73.8. The van der Waals surface area contributed by atoms with Crippen LogP contribution in [0.25, 0.3) is 16.6 Å². The molecule has 4 rings (SSSR count). The fraction of sp³-hybridized carbons (Fsp3) is 0.227. The van der Waals surface area contributed by atoms with Gasteiger partial charge in [-0.1, -0.05) is 22.4 Å². The van der Waals surface area contributed by atoms with Crippen molar-refractivity contribution in [3.05, 3.63) is 76.6 Å². The minimum absolute atomic E-state index is 0.0851. The molecule has 4 aromatic rings. The number of fused-ring (bicyclic) bond motifs is 3. The molecule has 6 nitrogen and oxygen atoms in total. The zero-order valence-corrected chi connectivity index (χ0v) is 18.7. The van der Waals surface area contributed by atoms with Crippen molar-refractivity contribution in [2.75, 3.05) is 5.84 Å². The van der Waals surface area contributed by atoms with Crippen LogP contribution in [0.3, 0.4) is 0 Å². The Balaban J connectivity index is 0.000000195. The van der Waals surface area contributed by atoms with E-state index >= 15 is 0 Å². The van der Waals surface area contributed by atoms with Crippen LogP contribution in [0.1, 0.15) is 27.9 Å². The first kappa shape index (κ1) is 23.6. The lowest BCUT2D eigenvalue weighted by molar-refractivity contribution is -0.617. The molecule has 2 heterocycles. The van der Waals surface area contributed by atoms with E-state index in [1.807, 2.05) is 23.5 Å². The molecule has 0 aliphatic rings. The lowest BCUT2D eigenvalue weighted by Crippen LogP contribution is -2.48. The summed E-state index contributed by atoms with van der Waals surface area (Å²) in [5.74, 6) is 5.89. The van der Waals surface area contributed by atoms with Crippen molar-refractivity contribution >= 4 is 26.7 Å². The lowest BCUT2D eigenvalue weighted by Gasteiger charge is -2.14. The van der Waals surface area contributed by atoms with Crippen LogP contribution in [-0.2, 0) is 16.3 Å². The predicted molar refractivity (Wildman–Crippen MR) is 114 cm³/mol. The molecule has 0 spiro atoms. The summed E-state index contributed by atoms with van der Waals surface area (Å²) in [6.07, 6.45) is -2.57. The fourth-order valence-electron chi connectivity index (χ4n) is 3.85. The standard InChI is InChI=1S/C13H11F3N3.C9H12O3S/c1-8-10-3-2-6-18(10)11-5-4-9(13(14,15)16)7-12(11)19(8)17;1-6-4-7(2)9(8(3)5-6)13(10,11)12/h2-7H,17H2,1H3;4-5H,1-3H3,(H,10,11,12)/q+1;/p-1. The third kappa shape index (κ3) is 4.42. The average molecular weight is 465 g/mol. The molecule has 0 radical (unpaired) electrons. The van der Waals surface area contributed by atoms with Crippen molar-refractivity contribution < 1.29 is 30.8 Å². The summed E-state index contributed by atoms with van der Waals surface area (Å²) in [6.45, 7) is 6.89.